The fourth-order valence-corrected chi connectivity index (χ4v) is 0.485. The molecular formula is C6H13N3O3. The standard InChI is InChI=1S/C6H13N3O3/c7-1-2-12-4-6(11)9-3-5(8)10/h1-4,7H2,(H2,8,10)(H,9,11). The van der Waals surface area contributed by atoms with Crippen molar-refractivity contribution in [2.75, 3.05) is 26.3 Å². The number of nitrogens with one attached hydrogen (secondary N) is 1. The summed E-state index contributed by atoms with van der Waals surface area (Å²) in [4.78, 5) is 20.9. The molecule has 0 saturated carbocycles. The van der Waals surface area contributed by atoms with E-state index in [0.717, 1.165) is 0 Å². The van der Waals surface area contributed by atoms with Gasteiger partial charge in [-0.3, -0.25) is 9.59 Å². The van der Waals surface area contributed by atoms with Gasteiger partial charge in [-0.15, -0.1) is 0 Å². The highest BCUT2D eigenvalue weighted by atomic mass is 16.5. The first-order valence-corrected chi connectivity index (χ1v) is 3.49. The highest BCUT2D eigenvalue weighted by Gasteiger charge is 2.01. The molecule has 5 N–H and O–H groups in total. The van der Waals surface area contributed by atoms with E-state index in [1.165, 1.54) is 0 Å². The number of rotatable bonds is 6. The Labute approximate surface area is 70.2 Å². The minimum absolute atomic E-state index is 0.0928. The van der Waals surface area contributed by atoms with Crippen LogP contribution in [-0.2, 0) is 14.3 Å². The van der Waals surface area contributed by atoms with Crippen LogP contribution in [0.25, 0.3) is 0 Å². The summed E-state index contributed by atoms with van der Waals surface area (Å²) in [6, 6.07) is 0. The summed E-state index contributed by atoms with van der Waals surface area (Å²) in [5, 5.41) is 2.26. The first kappa shape index (κ1) is 10.9. The van der Waals surface area contributed by atoms with Crippen molar-refractivity contribution in [1.82, 2.24) is 5.32 Å². The van der Waals surface area contributed by atoms with E-state index in [9.17, 15) is 9.59 Å². The van der Waals surface area contributed by atoms with Gasteiger partial charge in [-0.05, 0) is 0 Å². The molecule has 6 heteroatoms. The predicted molar refractivity (Wildman–Crippen MR) is 42.1 cm³/mol. The summed E-state index contributed by atoms with van der Waals surface area (Å²) in [6.07, 6.45) is 0. The first-order chi connectivity index (χ1) is 5.66. The van der Waals surface area contributed by atoms with E-state index < -0.39 is 5.91 Å². The largest absolute Gasteiger partial charge is 0.370 e. The summed E-state index contributed by atoms with van der Waals surface area (Å²) >= 11 is 0. The van der Waals surface area contributed by atoms with Crippen LogP contribution < -0.4 is 16.8 Å². The molecule has 0 spiro atoms. The molecule has 6 nitrogen and oxygen atoms in total. The number of carbonyl (C=O) groups excluding carboxylic acids is 2. The number of primary amides is 1. The fraction of sp³-hybridized carbons (Fsp3) is 0.667. The highest BCUT2D eigenvalue weighted by molar-refractivity contribution is 5.84. The van der Waals surface area contributed by atoms with Crippen LogP contribution in [0.2, 0.25) is 0 Å². The number of carbonyl (C=O) groups is 2. The third-order valence-electron chi connectivity index (χ3n) is 0.955. The Bertz CT molecular complexity index is 160. The second-order valence-corrected chi connectivity index (χ2v) is 2.08. The van der Waals surface area contributed by atoms with Gasteiger partial charge in [-0.1, -0.05) is 0 Å². The molecule has 0 rings (SSSR count). The van der Waals surface area contributed by atoms with Crippen LogP contribution in [0, 0.1) is 0 Å². The zero-order valence-electron chi connectivity index (χ0n) is 6.71. The molecule has 0 radical (unpaired) electrons. The minimum atomic E-state index is -0.581. The Morgan fingerprint density at radius 2 is 2.08 bits per heavy atom. The predicted octanol–water partition coefficient (Wildman–Crippen LogP) is -2.44. The summed E-state index contributed by atoms with van der Waals surface area (Å²) in [5.41, 5.74) is 9.89. The lowest BCUT2D eigenvalue weighted by molar-refractivity contribution is -0.128. The zero-order chi connectivity index (χ0) is 9.40. The van der Waals surface area contributed by atoms with Gasteiger partial charge in [0, 0.05) is 6.54 Å². The monoisotopic (exact) mass is 175 g/mol. The van der Waals surface area contributed by atoms with Crippen molar-refractivity contribution in [2.45, 2.75) is 0 Å². The molecule has 0 aromatic heterocycles. The lowest BCUT2D eigenvalue weighted by Crippen LogP contribution is -2.35. The summed E-state index contributed by atoms with van der Waals surface area (Å²) < 4.78 is 4.79. The second-order valence-electron chi connectivity index (χ2n) is 2.08. The molecule has 0 saturated heterocycles. The van der Waals surface area contributed by atoms with E-state index in [4.69, 9.17) is 16.2 Å². The van der Waals surface area contributed by atoms with Crippen molar-refractivity contribution in [3.8, 4) is 0 Å². The first-order valence-electron chi connectivity index (χ1n) is 3.49. The second kappa shape index (κ2) is 6.56. The average molecular weight is 175 g/mol. The maximum absolute atomic E-state index is 10.7. The lowest BCUT2D eigenvalue weighted by atomic mass is 10.5. The molecule has 0 aromatic rings. The van der Waals surface area contributed by atoms with Crippen LogP contribution in [0.15, 0.2) is 0 Å². The Hall–Kier alpha value is -1.14. The van der Waals surface area contributed by atoms with Gasteiger partial charge in [-0.25, -0.2) is 0 Å². The topological polar surface area (TPSA) is 107 Å². The molecule has 0 aliphatic carbocycles. The van der Waals surface area contributed by atoms with Crippen molar-refractivity contribution in [1.29, 1.82) is 0 Å². The van der Waals surface area contributed by atoms with Gasteiger partial charge in [0.1, 0.15) is 6.61 Å². The molecule has 0 heterocycles. The maximum atomic E-state index is 10.7. The normalized spacial score (nSPS) is 9.42. The van der Waals surface area contributed by atoms with E-state index in [0.29, 0.717) is 13.2 Å². The van der Waals surface area contributed by atoms with Gasteiger partial charge in [0.05, 0.1) is 13.2 Å². The molecule has 0 atom stereocenters. The third kappa shape index (κ3) is 6.97. The molecule has 0 bridgehead atoms. The summed E-state index contributed by atoms with van der Waals surface area (Å²) in [5.74, 6) is -0.954. The zero-order valence-corrected chi connectivity index (χ0v) is 6.71. The number of amides is 2. The summed E-state index contributed by atoms with van der Waals surface area (Å²) in [6.45, 7) is 0.433. The Balaban J connectivity index is 3.28. The number of hydrogen-bond donors (Lipinski definition) is 3. The molecule has 12 heavy (non-hydrogen) atoms. The smallest absolute Gasteiger partial charge is 0.246 e. The highest BCUT2D eigenvalue weighted by Crippen LogP contribution is 1.72. The molecule has 0 fully saturated rings. The van der Waals surface area contributed by atoms with E-state index >= 15 is 0 Å². The van der Waals surface area contributed by atoms with E-state index in [2.05, 4.69) is 5.32 Å². The molecule has 0 unspecified atom stereocenters. The maximum Gasteiger partial charge on any atom is 0.246 e. The van der Waals surface area contributed by atoms with E-state index in [1.54, 1.807) is 0 Å². The fourth-order valence-electron chi connectivity index (χ4n) is 0.485. The van der Waals surface area contributed by atoms with Crippen LogP contribution in [0.1, 0.15) is 0 Å². The Morgan fingerprint density at radius 1 is 1.42 bits per heavy atom. The lowest BCUT2D eigenvalue weighted by Gasteiger charge is -2.02. The third-order valence-corrected chi connectivity index (χ3v) is 0.955. The van der Waals surface area contributed by atoms with Gasteiger partial charge in [0.2, 0.25) is 11.8 Å². The van der Waals surface area contributed by atoms with E-state index in [-0.39, 0.29) is 19.1 Å². The summed E-state index contributed by atoms with van der Waals surface area (Å²) in [7, 11) is 0. The van der Waals surface area contributed by atoms with Crippen molar-refractivity contribution < 1.29 is 14.3 Å². The van der Waals surface area contributed by atoms with Crippen molar-refractivity contribution in [3.63, 3.8) is 0 Å². The SMILES string of the molecule is NCCOCC(=O)NCC(N)=O. The molecule has 2 amide bonds. The van der Waals surface area contributed by atoms with Gasteiger partial charge in [-0.2, -0.15) is 0 Å². The average Bonchev–Trinajstić information content (AvgIpc) is 2.01. The van der Waals surface area contributed by atoms with Crippen molar-refractivity contribution in [3.05, 3.63) is 0 Å². The molecule has 0 aliphatic heterocycles. The van der Waals surface area contributed by atoms with Crippen LogP contribution in [-0.4, -0.2) is 38.1 Å². The molecule has 0 aliphatic rings. The van der Waals surface area contributed by atoms with Crippen LogP contribution in [0.4, 0.5) is 0 Å². The van der Waals surface area contributed by atoms with Gasteiger partial charge < -0.3 is 21.5 Å². The minimum Gasteiger partial charge on any atom is -0.370 e. The number of hydrogen-bond acceptors (Lipinski definition) is 4. The number of ether oxygens (including phenoxy) is 1. The van der Waals surface area contributed by atoms with Gasteiger partial charge in [0.15, 0.2) is 0 Å². The molecule has 0 aromatic carbocycles. The van der Waals surface area contributed by atoms with Crippen molar-refractivity contribution >= 4 is 11.8 Å². The van der Waals surface area contributed by atoms with Crippen LogP contribution in [0.5, 0.6) is 0 Å². The molecule has 70 valence electrons. The van der Waals surface area contributed by atoms with E-state index in [1.807, 2.05) is 0 Å². The van der Waals surface area contributed by atoms with Crippen LogP contribution in [0.3, 0.4) is 0 Å². The number of nitrogens with two attached hydrogens (primary N) is 2. The van der Waals surface area contributed by atoms with Crippen molar-refractivity contribution in [2.24, 2.45) is 11.5 Å². The Kier molecular flexibility index (Phi) is 5.94. The van der Waals surface area contributed by atoms with Gasteiger partial charge in [0.25, 0.3) is 0 Å². The van der Waals surface area contributed by atoms with Gasteiger partial charge >= 0.3 is 0 Å². The molecular weight excluding hydrogens is 162 g/mol. The van der Waals surface area contributed by atoms with Crippen LogP contribution >= 0.6 is 0 Å². The Morgan fingerprint density at radius 3 is 2.58 bits per heavy atom. The quantitative estimate of drug-likeness (QED) is 0.390.